The van der Waals surface area contributed by atoms with Crippen molar-refractivity contribution in [2.45, 2.75) is 0 Å². The van der Waals surface area contributed by atoms with Crippen LogP contribution in [-0.2, 0) is 0 Å². The SMILES string of the molecule is O=C(N/N=C/c1ccccc1I)c1ccc([N+](=O)[O-])cc1. The topological polar surface area (TPSA) is 84.6 Å². The predicted octanol–water partition coefficient (Wildman–Crippen LogP) is 2.96. The maximum Gasteiger partial charge on any atom is 0.271 e. The van der Waals surface area contributed by atoms with Crippen molar-refractivity contribution in [2.75, 3.05) is 0 Å². The number of carbonyl (C=O) groups is 1. The van der Waals surface area contributed by atoms with Gasteiger partial charge in [-0.25, -0.2) is 5.43 Å². The van der Waals surface area contributed by atoms with Crippen molar-refractivity contribution in [2.24, 2.45) is 5.10 Å². The van der Waals surface area contributed by atoms with Gasteiger partial charge in [-0.15, -0.1) is 0 Å². The molecule has 0 aliphatic carbocycles. The Hall–Kier alpha value is -2.29. The van der Waals surface area contributed by atoms with Gasteiger partial charge in [-0.3, -0.25) is 14.9 Å². The highest BCUT2D eigenvalue weighted by Gasteiger charge is 2.08. The van der Waals surface area contributed by atoms with Crippen LogP contribution in [-0.4, -0.2) is 17.0 Å². The molecule has 1 N–H and O–H groups in total. The van der Waals surface area contributed by atoms with Crippen LogP contribution in [0.2, 0.25) is 0 Å². The van der Waals surface area contributed by atoms with Gasteiger partial charge < -0.3 is 0 Å². The highest BCUT2D eigenvalue weighted by Crippen LogP contribution is 2.12. The summed E-state index contributed by atoms with van der Waals surface area (Å²) >= 11 is 2.17. The molecular formula is C14H10IN3O3. The van der Waals surface area contributed by atoms with Crippen LogP contribution in [0.5, 0.6) is 0 Å². The van der Waals surface area contributed by atoms with E-state index >= 15 is 0 Å². The zero-order valence-corrected chi connectivity index (χ0v) is 12.9. The molecule has 0 aromatic heterocycles. The third kappa shape index (κ3) is 4.09. The van der Waals surface area contributed by atoms with Crippen LogP contribution in [0.3, 0.4) is 0 Å². The lowest BCUT2D eigenvalue weighted by Crippen LogP contribution is -2.17. The molecule has 2 aromatic rings. The van der Waals surface area contributed by atoms with Crippen molar-refractivity contribution in [1.29, 1.82) is 0 Å². The van der Waals surface area contributed by atoms with Gasteiger partial charge in [0.15, 0.2) is 0 Å². The van der Waals surface area contributed by atoms with Gasteiger partial charge in [-0.1, -0.05) is 18.2 Å². The molecule has 21 heavy (non-hydrogen) atoms. The van der Waals surface area contributed by atoms with Gasteiger partial charge >= 0.3 is 0 Å². The number of rotatable bonds is 4. The van der Waals surface area contributed by atoms with E-state index in [1.54, 1.807) is 6.21 Å². The highest BCUT2D eigenvalue weighted by molar-refractivity contribution is 14.1. The van der Waals surface area contributed by atoms with Crippen LogP contribution >= 0.6 is 22.6 Å². The monoisotopic (exact) mass is 395 g/mol. The lowest BCUT2D eigenvalue weighted by Gasteiger charge is -2.00. The number of amides is 1. The predicted molar refractivity (Wildman–Crippen MR) is 87.3 cm³/mol. The van der Waals surface area contributed by atoms with Crippen molar-refractivity contribution in [3.05, 3.63) is 73.3 Å². The van der Waals surface area contributed by atoms with Crippen molar-refractivity contribution in [3.63, 3.8) is 0 Å². The quantitative estimate of drug-likeness (QED) is 0.374. The van der Waals surface area contributed by atoms with Crippen molar-refractivity contribution in [1.82, 2.24) is 5.43 Å². The van der Waals surface area contributed by atoms with E-state index in [4.69, 9.17) is 0 Å². The summed E-state index contributed by atoms with van der Waals surface area (Å²) in [6.07, 6.45) is 1.55. The molecule has 0 fully saturated rings. The Morgan fingerprint density at radius 3 is 2.48 bits per heavy atom. The number of hydrogen-bond acceptors (Lipinski definition) is 4. The van der Waals surface area contributed by atoms with Crippen LogP contribution in [0.15, 0.2) is 53.6 Å². The third-order valence-electron chi connectivity index (χ3n) is 2.62. The standard InChI is InChI=1S/C14H10IN3O3/c15-13-4-2-1-3-11(13)9-16-17-14(19)10-5-7-12(8-6-10)18(20)21/h1-9H,(H,17,19)/b16-9+. The van der Waals surface area contributed by atoms with E-state index in [0.29, 0.717) is 5.56 Å². The van der Waals surface area contributed by atoms with Crippen LogP contribution in [0.4, 0.5) is 5.69 Å². The molecule has 0 spiro atoms. The van der Waals surface area contributed by atoms with Crippen LogP contribution in [0.25, 0.3) is 0 Å². The van der Waals surface area contributed by atoms with Crippen molar-refractivity contribution >= 4 is 40.4 Å². The molecule has 1 amide bonds. The van der Waals surface area contributed by atoms with Gasteiger partial charge in [0, 0.05) is 26.8 Å². The Morgan fingerprint density at radius 1 is 1.19 bits per heavy atom. The first-order valence-electron chi connectivity index (χ1n) is 5.90. The van der Waals surface area contributed by atoms with Gasteiger partial charge in [0.1, 0.15) is 0 Å². The van der Waals surface area contributed by atoms with E-state index in [9.17, 15) is 14.9 Å². The molecule has 6 nitrogen and oxygen atoms in total. The lowest BCUT2D eigenvalue weighted by molar-refractivity contribution is -0.384. The van der Waals surface area contributed by atoms with E-state index < -0.39 is 10.8 Å². The lowest BCUT2D eigenvalue weighted by atomic mass is 10.2. The highest BCUT2D eigenvalue weighted by atomic mass is 127. The van der Waals surface area contributed by atoms with Crippen LogP contribution < -0.4 is 5.43 Å². The first-order valence-corrected chi connectivity index (χ1v) is 6.98. The average molecular weight is 395 g/mol. The smallest absolute Gasteiger partial charge is 0.267 e. The number of halogens is 1. The number of carbonyl (C=O) groups excluding carboxylic acids is 1. The van der Waals surface area contributed by atoms with Gasteiger partial charge in [0.05, 0.1) is 11.1 Å². The summed E-state index contributed by atoms with van der Waals surface area (Å²) in [6.45, 7) is 0. The summed E-state index contributed by atoms with van der Waals surface area (Å²) in [5.74, 6) is -0.424. The van der Waals surface area contributed by atoms with Crippen LogP contribution in [0.1, 0.15) is 15.9 Å². The molecule has 7 heteroatoms. The number of hydrogen-bond donors (Lipinski definition) is 1. The maximum atomic E-state index is 11.8. The molecule has 2 aromatic carbocycles. The van der Waals surface area contributed by atoms with Crippen LogP contribution in [0, 0.1) is 13.7 Å². The number of benzene rings is 2. The summed E-state index contributed by atoms with van der Waals surface area (Å²) in [4.78, 5) is 21.8. The van der Waals surface area contributed by atoms with Crippen molar-refractivity contribution < 1.29 is 9.72 Å². The van der Waals surface area contributed by atoms with E-state index in [2.05, 4.69) is 33.1 Å². The zero-order chi connectivity index (χ0) is 15.2. The Morgan fingerprint density at radius 2 is 1.86 bits per heavy atom. The zero-order valence-electron chi connectivity index (χ0n) is 10.7. The molecule has 106 valence electrons. The molecule has 0 bridgehead atoms. The fraction of sp³-hybridized carbons (Fsp3) is 0. The maximum absolute atomic E-state index is 11.8. The van der Waals surface area contributed by atoms with E-state index in [1.165, 1.54) is 24.3 Å². The van der Waals surface area contributed by atoms with E-state index in [0.717, 1.165) is 9.13 Å². The Kier molecular flexibility index (Phi) is 4.99. The minimum Gasteiger partial charge on any atom is -0.267 e. The Balaban J connectivity index is 2.02. The molecule has 0 saturated heterocycles. The Bertz CT molecular complexity index is 699. The fourth-order valence-corrected chi connectivity index (χ4v) is 2.07. The minimum atomic E-state index is -0.517. The average Bonchev–Trinajstić information content (AvgIpc) is 2.49. The number of hydrazone groups is 1. The number of nitrogens with one attached hydrogen (secondary N) is 1. The summed E-state index contributed by atoms with van der Waals surface area (Å²) < 4.78 is 1.02. The normalized spacial score (nSPS) is 10.5. The van der Waals surface area contributed by atoms with Gasteiger partial charge in [-0.2, -0.15) is 5.10 Å². The molecule has 0 radical (unpaired) electrons. The summed E-state index contributed by atoms with van der Waals surface area (Å²) in [7, 11) is 0. The largest absolute Gasteiger partial charge is 0.271 e. The molecule has 0 aliphatic rings. The van der Waals surface area contributed by atoms with E-state index in [1.807, 2.05) is 24.3 Å². The summed E-state index contributed by atoms with van der Waals surface area (Å²) in [5, 5.41) is 14.4. The van der Waals surface area contributed by atoms with E-state index in [-0.39, 0.29) is 5.69 Å². The number of nitro groups is 1. The second-order valence-corrected chi connectivity index (χ2v) is 5.19. The molecular weight excluding hydrogens is 385 g/mol. The Labute approximate surface area is 134 Å². The van der Waals surface area contributed by atoms with Gasteiger partial charge in [0.25, 0.3) is 11.6 Å². The molecule has 0 atom stereocenters. The molecule has 0 aliphatic heterocycles. The molecule has 0 saturated carbocycles. The molecule has 0 unspecified atom stereocenters. The number of nitro benzene ring substituents is 1. The first kappa shape index (κ1) is 15.1. The van der Waals surface area contributed by atoms with Crippen molar-refractivity contribution in [3.8, 4) is 0 Å². The van der Waals surface area contributed by atoms with Gasteiger partial charge in [-0.05, 0) is 40.8 Å². The summed E-state index contributed by atoms with van der Waals surface area (Å²) in [5.41, 5.74) is 3.52. The number of nitrogens with zero attached hydrogens (tertiary/aromatic N) is 2. The van der Waals surface area contributed by atoms with Gasteiger partial charge in [0.2, 0.25) is 0 Å². The second-order valence-electron chi connectivity index (χ2n) is 4.02. The summed E-state index contributed by atoms with van der Waals surface area (Å²) in [6, 6.07) is 12.9. The molecule has 2 rings (SSSR count). The molecule has 0 heterocycles. The second kappa shape index (κ2) is 6.93. The third-order valence-corrected chi connectivity index (χ3v) is 3.60. The number of non-ortho nitro benzene ring substituents is 1. The minimum absolute atomic E-state index is 0.0612. The fourth-order valence-electron chi connectivity index (χ4n) is 1.54. The first-order chi connectivity index (χ1) is 10.1.